The summed E-state index contributed by atoms with van der Waals surface area (Å²) in [4.78, 5) is 0. The Hall–Kier alpha value is -6.16. The zero-order chi connectivity index (χ0) is 32.1. The molecule has 8 aromatic carbocycles. The van der Waals surface area contributed by atoms with Crippen LogP contribution in [0.5, 0.6) is 0 Å². The molecule has 0 fully saturated rings. The minimum atomic E-state index is 1.18. The van der Waals surface area contributed by atoms with E-state index in [1.165, 1.54) is 97.1 Å². The number of rotatable bonds is 3. The smallest absolute Gasteiger partial charge is 0.0728 e. The third-order valence-corrected chi connectivity index (χ3v) is 11.5. The summed E-state index contributed by atoms with van der Waals surface area (Å²) in [5, 5.41) is 10.2. The number of para-hydroxylation sites is 3. The minimum absolute atomic E-state index is 1.18. The quantitative estimate of drug-likeness (QED) is 0.182. The molecule has 49 heavy (non-hydrogen) atoms. The number of hydrogen-bond donors (Lipinski definition) is 0. The summed E-state index contributed by atoms with van der Waals surface area (Å²) in [6.07, 6.45) is 0. The van der Waals surface area contributed by atoms with E-state index in [1.54, 1.807) is 0 Å². The molecule has 0 aliphatic heterocycles. The van der Waals surface area contributed by atoms with Crippen LogP contribution in [-0.2, 0) is 0 Å². The zero-order valence-corrected chi connectivity index (χ0v) is 27.3. The zero-order valence-electron chi connectivity index (χ0n) is 26.5. The molecule has 0 aliphatic carbocycles. The summed E-state index contributed by atoms with van der Waals surface area (Å²) in [5.74, 6) is 0. The van der Waals surface area contributed by atoms with Crippen LogP contribution >= 0.6 is 11.3 Å². The van der Waals surface area contributed by atoms with Gasteiger partial charge in [0.05, 0.1) is 31.5 Å². The average molecular weight is 641 g/mol. The first kappa shape index (κ1) is 26.9. The predicted octanol–water partition coefficient (Wildman–Crippen LogP) is 13.1. The summed E-state index contributed by atoms with van der Waals surface area (Å²) in [5.41, 5.74) is 9.88. The first-order valence-corrected chi connectivity index (χ1v) is 17.6. The van der Waals surface area contributed by atoms with E-state index in [2.05, 4.69) is 179 Å². The molecule has 0 atom stereocenters. The molecule has 3 heteroatoms. The van der Waals surface area contributed by atoms with E-state index in [0.717, 1.165) is 0 Å². The molecule has 0 bridgehead atoms. The van der Waals surface area contributed by atoms with E-state index < -0.39 is 0 Å². The van der Waals surface area contributed by atoms with Crippen molar-refractivity contribution in [2.75, 3.05) is 0 Å². The Morgan fingerprint density at radius 3 is 1.67 bits per heavy atom. The Balaban J connectivity index is 1.16. The van der Waals surface area contributed by atoms with Crippen LogP contribution in [-0.4, -0.2) is 9.13 Å². The van der Waals surface area contributed by atoms with Crippen molar-refractivity contribution in [3.05, 3.63) is 170 Å². The van der Waals surface area contributed by atoms with Crippen LogP contribution in [0.2, 0.25) is 0 Å². The molecular formula is C46H28N2S. The van der Waals surface area contributed by atoms with Crippen LogP contribution in [0.1, 0.15) is 0 Å². The molecule has 0 saturated carbocycles. The molecule has 3 aromatic heterocycles. The third kappa shape index (κ3) is 3.88. The fourth-order valence-corrected chi connectivity index (χ4v) is 9.37. The number of benzene rings is 8. The van der Waals surface area contributed by atoms with Gasteiger partial charge in [0.2, 0.25) is 0 Å². The summed E-state index contributed by atoms with van der Waals surface area (Å²) < 4.78 is 7.60. The Morgan fingerprint density at radius 1 is 0.327 bits per heavy atom. The van der Waals surface area contributed by atoms with Gasteiger partial charge >= 0.3 is 0 Å². The van der Waals surface area contributed by atoms with E-state index in [1.807, 2.05) is 11.3 Å². The first-order valence-electron chi connectivity index (χ1n) is 16.8. The van der Waals surface area contributed by atoms with Crippen LogP contribution in [0.3, 0.4) is 0 Å². The lowest BCUT2D eigenvalue weighted by Crippen LogP contribution is -1.95. The Morgan fingerprint density at radius 2 is 0.857 bits per heavy atom. The first-order chi connectivity index (χ1) is 24.3. The molecule has 0 spiro atoms. The lowest BCUT2D eigenvalue weighted by Gasteiger charge is -2.12. The van der Waals surface area contributed by atoms with Crippen molar-refractivity contribution in [2.24, 2.45) is 0 Å². The van der Waals surface area contributed by atoms with E-state index in [-0.39, 0.29) is 0 Å². The minimum Gasteiger partial charge on any atom is -0.308 e. The normalized spacial score (nSPS) is 12.1. The standard InChI is InChI=1S/C46H28N2S/c1-2-12-35(13-3-1)47-42-17-9-7-15-39(42)45-44(47)40-25-24-38-37-14-6-8-16-41(37)48(43(38)46(40)49-45)36-23-22-33-27-32(20-21-34(33)28-36)31-19-18-29-10-4-5-11-30(29)26-31/h1-28H. The van der Waals surface area contributed by atoms with Gasteiger partial charge in [0.25, 0.3) is 0 Å². The summed E-state index contributed by atoms with van der Waals surface area (Å²) in [6, 6.07) is 62.3. The van der Waals surface area contributed by atoms with Crippen LogP contribution in [0.15, 0.2) is 170 Å². The van der Waals surface area contributed by atoms with Gasteiger partial charge in [-0.25, -0.2) is 0 Å². The number of fused-ring (bicyclic) bond motifs is 11. The Bertz CT molecular complexity index is 3100. The fourth-order valence-electron chi connectivity index (χ4n) is 8.01. The van der Waals surface area contributed by atoms with Crippen LogP contribution in [0.4, 0.5) is 0 Å². The Labute approximate surface area is 286 Å². The number of aromatic nitrogens is 2. The monoisotopic (exact) mass is 640 g/mol. The molecule has 0 aliphatic rings. The van der Waals surface area contributed by atoms with Crippen molar-refractivity contribution in [2.45, 2.75) is 0 Å². The Kier molecular flexibility index (Phi) is 5.57. The van der Waals surface area contributed by atoms with E-state index in [0.29, 0.717) is 0 Å². The van der Waals surface area contributed by atoms with Gasteiger partial charge in [0.15, 0.2) is 0 Å². The second kappa shape index (κ2) is 10.2. The predicted molar refractivity (Wildman–Crippen MR) is 211 cm³/mol. The van der Waals surface area contributed by atoms with Gasteiger partial charge in [-0.15, -0.1) is 11.3 Å². The maximum Gasteiger partial charge on any atom is 0.0728 e. The van der Waals surface area contributed by atoms with E-state index in [9.17, 15) is 0 Å². The highest BCUT2D eigenvalue weighted by Gasteiger charge is 2.22. The van der Waals surface area contributed by atoms with Gasteiger partial charge < -0.3 is 9.13 Å². The van der Waals surface area contributed by atoms with Crippen LogP contribution in [0.25, 0.3) is 97.1 Å². The highest BCUT2D eigenvalue weighted by molar-refractivity contribution is 7.27. The average Bonchev–Trinajstić information content (AvgIpc) is 3.82. The lowest BCUT2D eigenvalue weighted by atomic mass is 9.98. The molecule has 0 radical (unpaired) electrons. The van der Waals surface area contributed by atoms with Gasteiger partial charge in [-0.1, -0.05) is 121 Å². The SMILES string of the molecule is c1ccc(-n2c3ccccc3c3sc4c(ccc5c6ccccc6n(-c6ccc7cc(-c8ccc9ccccc9c8)ccc7c6)c54)c32)cc1. The number of nitrogens with zero attached hydrogens (tertiary/aromatic N) is 2. The third-order valence-electron chi connectivity index (χ3n) is 10.3. The highest BCUT2D eigenvalue weighted by atomic mass is 32.1. The molecule has 2 nitrogen and oxygen atoms in total. The number of thiophene rings is 1. The van der Waals surface area contributed by atoms with Gasteiger partial charge in [-0.05, 0) is 81.2 Å². The lowest BCUT2D eigenvalue weighted by molar-refractivity contribution is 1.19. The molecule has 0 unspecified atom stereocenters. The number of hydrogen-bond acceptors (Lipinski definition) is 1. The van der Waals surface area contributed by atoms with Gasteiger partial charge in [0.1, 0.15) is 0 Å². The fraction of sp³-hybridized carbons (Fsp3) is 0. The summed E-state index contributed by atoms with van der Waals surface area (Å²) >= 11 is 1.92. The molecule has 0 saturated heterocycles. The van der Waals surface area contributed by atoms with Crippen molar-refractivity contribution in [1.29, 1.82) is 0 Å². The maximum atomic E-state index is 2.49. The maximum absolute atomic E-state index is 2.49. The van der Waals surface area contributed by atoms with Gasteiger partial charge in [-0.2, -0.15) is 0 Å². The van der Waals surface area contributed by atoms with E-state index >= 15 is 0 Å². The molecule has 11 aromatic rings. The second-order valence-electron chi connectivity index (χ2n) is 13.0. The van der Waals surface area contributed by atoms with Crippen molar-refractivity contribution in [1.82, 2.24) is 9.13 Å². The van der Waals surface area contributed by atoms with Crippen molar-refractivity contribution in [3.8, 4) is 22.5 Å². The van der Waals surface area contributed by atoms with Crippen LogP contribution in [0, 0.1) is 0 Å². The summed E-state index contributed by atoms with van der Waals surface area (Å²) in [7, 11) is 0. The van der Waals surface area contributed by atoms with Crippen LogP contribution < -0.4 is 0 Å². The van der Waals surface area contributed by atoms with Gasteiger partial charge in [0, 0.05) is 32.9 Å². The summed E-state index contributed by atoms with van der Waals surface area (Å²) in [6.45, 7) is 0. The molecule has 0 amide bonds. The van der Waals surface area contributed by atoms with E-state index in [4.69, 9.17) is 0 Å². The second-order valence-corrected chi connectivity index (χ2v) is 14.0. The highest BCUT2D eigenvalue weighted by Crippen LogP contribution is 2.47. The van der Waals surface area contributed by atoms with Gasteiger partial charge in [-0.3, -0.25) is 0 Å². The molecular weight excluding hydrogens is 613 g/mol. The van der Waals surface area contributed by atoms with Crippen molar-refractivity contribution in [3.63, 3.8) is 0 Å². The molecule has 0 N–H and O–H groups in total. The molecule has 228 valence electrons. The topological polar surface area (TPSA) is 9.86 Å². The molecule has 3 heterocycles. The largest absolute Gasteiger partial charge is 0.308 e. The van der Waals surface area contributed by atoms with Crippen molar-refractivity contribution < 1.29 is 0 Å². The molecule has 11 rings (SSSR count). The van der Waals surface area contributed by atoms with Crippen molar-refractivity contribution >= 4 is 85.9 Å².